The van der Waals surface area contributed by atoms with Gasteiger partial charge in [0.25, 0.3) is 0 Å². The van der Waals surface area contributed by atoms with Crippen molar-refractivity contribution in [3.63, 3.8) is 0 Å². The van der Waals surface area contributed by atoms with E-state index in [0.717, 1.165) is 0 Å². The minimum atomic E-state index is 0.574. The molecule has 80 valence electrons. The summed E-state index contributed by atoms with van der Waals surface area (Å²) in [4.78, 5) is 0. The van der Waals surface area contributed by atoms with Crippen LogP contribution in [-0.4, -0.2) is 16.8 Å². The largest absolute Gasteiger partial charge is 0.162 e. The van der Waals surface area contributed by atoms with Crippen LogP contribution in [0.25, 0.3) is 0 Å². The number of thioether (sulfide) groups is 1. The van der Waals surface area contributed by atoms with Gasteiger partial charge >= 0.3 is 0 Å². The van der Waals surface area contributed by atoms with E-state index in [4.69, 9.17) is 0 Å². The van der Waals surface area contributed by atoms with Crippen LogP contribution in [0.1, 0.15) is 46.5 Å². The maximum atomic E-state index is 3.69. The molecule has 0 nitrogen and oxygen atoms in total. The average molecular weight is 267 g/mol. The minimum absolute atomic E-state index is 0.574. The summed E-state index contributed by atoms with van der Waals surface area (Å²) in [7, 11) is 0. The molecular formula is C11H23BrS. The molecular weight excluding hydrogens is 244 g/mol. The molecule has 0 saturated carbocycles. The van der Waals surface area contributed by atoms with Crippen molar-refractivity contribution in [1.29, 1.82) is 0 Å². The van der Waals surface area contributed by atoms with Gasteiger partial charge in [-0.15, -0.1) is 0 Å². The van der Waals surface area contributed by atoms with E-state index in [-0.39, 0.29) is 0 Å². The van der Waals surface area contributed by atoms with Gasteiger partial charge in [0.2, 0.25) is 0 Å². The molecule has 0 N–H and O–H groups in total. The average Bonchev–Trinajstić information content (AvgIpc) is 2.15. The molecule has 0 amide bonds. The summed E-state index contributed by atoms with van der Waals surface area (Å²) in [6.45, 7) is 6.84. The van der Waals surface area contributed by atoms with Crippen molar-refractivity contribution < 1.29 is 0 Å². The Balaban J connectivity index is 4.07. The molecule has 0 aliphatic heterocycles. The highest BCUT2D eigenvalue weighted by atomic mass is 79.9. The zero-order chi connectivity index (χ0) is 10.2. The van der Waals surface area contributed by atoms with Gasteiger partial charge < -0.3 is 0 Å². The van der Waals surface area contributed by atoms with Gasteiger partial charge in [0, 0.05) is 5.33 Å². The van der Waals surface area contributed by atoms with Gasteiger partial charge in [-0.3, -0.25) is 0 Å². The molecule has 0 atom stereocenters. The van der Waals surface area contributed by atoms with Crippen molar-refractivity contribution in [2.45, 2.75) is 46.5 Å². The van der Waals surface area contributed by atoms with Crippen molar-refractivity contribution in [3.8, 4) is 0 Å². The molecule has 13 heavy (non-hydrogen) atoms. The fourth-order valence-corrected chi connectivity index (χ4v) is 3.87. The van der Waals surface area contributed by atoms with Gasteiger partial charge in [-0.2, -0.15) is 11.8 Å². The van der Waals surface area contributed by atoms with Crippen LogP contribution >= 0.6 is 27.7 Å². The fourth-order valence-electron chi connectivity index (χ4n) is 1.82. The van der Waals surface area contributed by atoms with E-state index in [0.29, 0.717) is 5.41 Å². The molecule has 0 saturated heterocycles. The summed E-state index contributed by atoms with van der Waals surface area (Å²) in [5, 5.41) is 1.18. The van der Waals surface area contributed by atoms with Crippen LogP contribution in [0, 0.1) is 5.41 Å². The van der Waals surface area contributed by atoms with E-state index in [2.05, 4.69) is 48.5 Å². The van der Waals surface area contributed by atoms with Gasteiger partial charge in [0.15, 0.2) is 0 Å². The Morgan fingerprint density at radius 2 is 1.62 bits per heavy atom. The van der Waals surface area contributed by atoms with E-state index >= 15 is 0 Å². The molecule has 0 unspecified atom stereocenters. The second-order valence-corrected chi connectivity index (χ2v) is 5.61. The van der Waals surface area contributed by atoms with Crippen molar-refractivity contribution in [1.82, 2.24) is 0 Å². The van der Waals surface area contributed by atoms with Crippen LogP contribution in [0.15, 0.2) is 0 Å². The van der Waals surface area contributed by atoms with Crippen molar-refractivity contribution in [2.75, 3.05) is 16.8 Å². The Hall–Kier alpha value is 0.830. The van der Waals surface area contributed by atoms with Gasteiger partial charge in [0.1, 0.15) is 0 Å². The molecule has 0 bridgehead atoms. The summed E-state index contributed by atoms with van der Waals surface area (Å²) >= 11 is 5.78. The first-order valence-electron chi connectivity index (χ1n) is 5.38. The maximum absolute atomic E-state index is 3.69. The maximum Gasteiger partial charge on any atom is 0.00958 e. The van der Waals surface area contributed by atoms with E-state index in [1.54, 1.807) is 0 Å². The van der Waals surface area contributed by atoms with Crippen LogP contribution in [0.5, 0.6) is 0 Å². The molecule has 0 aromatic rings. The highest BCUT2D eigenvalue weighted by molar-refractivity contribution is 9.09. The second kappa shape index (κ2) is 8.16. The predicted molar refractivity (Wildman–Crippen MR) is 69.0 cm³/mol. The van der Waals surface area contributed by atoms with Crippen molar-refractivity contribution in [2.24, 2.45) is 5.41 Å². The molecule has 0 aliphatic carbocycles. The predicted octanol–water partition coefficient (Wildman–Crippen LogP) is 4.72. The summed E-state index contributed by atoms with van der Waals surface area (Å²) < 4.78 is 0. The van der Waals surface area contributed by atoms with Crippen LogP contribution in [0.2, 0.25) is 0 Å². The fraction of sp³-hybridized carbons (Fsp3) is 1.00. The lowest BCUT2D eigenvalue weighted by Crippen LogP contribution is -2.25. The molecule has 0 aliphatic rings. The lowest BCUT2D eigenvalue weighted by Gasteiger charge is -2.31. The first-order chi connectivity index (χ1) is 6.24. The lowest BCUT2D eigenvalue weighted by molar-refractivity contribution is 0.320. The third-order valence-electron chi connectivity index (χ3n) is 2.46. The van der Waals surface area contributed by atoms with Crippen LogP contribution in [0.3, 0.4) is 0 Å². The zero-order valence-corrected chi connectivity index (χ0v) is 11.6. The lowest BCUT2D eigenvalue weighted by atomic mass is 9.83. The molecule has 2 heteroatoms. The van der Waals surface area contributed by atoms with Gasteiger partial charge in [-0.25, -0.2) is 0 Å². The first kappa shape index (κ1) is 13.8. The smallest absolute Gasteiger partial charge is 0.00958 e. The third kappa shape index (κ3) is 5.31. The molecule has 0 aromatic carbocycles. The Morgan fingerprint density at radius 1 is 1.08 bits per heavy atom. The molecule has 0 aromatic heterocycles. The Morgan fingerprint density at radius 3 is 1.92 bits per heavy atom. The quantitative estimate of drug-likeness (QED) is 0.573. The summed E-state index contributed by atoms with van der Waals surface area (Å²) in [6.07, 6.45) is 5.38. The summed E-state index contributed by atoms with van der Waals surface area (Å²) in [5.41, 5.74) is 0.574. The van der Waals surface area contributed by atoms with E-state index in [1.807, 2.05) is 0 Å². The zero-order valence-electron chi connectivity index (χ0n) is 9.24. The van der Waals surface area contributed by atoms with Gasteiger partial charge in [0.05, 0.1) is 0 Å². The molecule has 0 rings (SSSR count). The van der Waals surface area contributed by atoms with E-state index in [9.17, 15) is 0 Å². The highest BCUT2D eigenvalue weighted by Crippen LogP contribution is 2.35. The Kier molecular flexibility index (Phi) is 8.69. The van der Waals surface area contributed by atoms with Crippen molar-refractivity contribution >= 4 is 27.7 Å². The number of halogens is 1. The van der Waals surface area contributed by atoms with Gasteiger partial charge in [-0.05, 0) is 29.8 Å². The number of alkyl halides is 1. The summed E-state index contributed by atoms with van der Waals surface area (Å²) in [6, 6.07) is 0. The Bertz CT molecular complexity index is 109. The monoisotopic (exact) mass is 266 g/mol. The standard InChI is InChI=1S/C11H23BrS/c1-4-7-11(9-12,8-5-2)10-13-6-3/h4-10H2,1-3H3. The van der Waals surface area contributed by atoms with E-state index < -0.39 is 0 Å². The van der Waals surface area contributed by atoms with Crippen molar-refractivity contribution in [3.05, 3.63) is 0 Å². The van der Waals surface area contributed by atoms with Crippen LogP contribution in [-0.2, 0) is 0 Å². The molecule has 0 heterocycles. The third-order valence-corrected chi connectivity index (χ3v) is 4.87. The molecule has 0 fully saturated rings. The Labute approximate surface area is 96.4 Å². The SMILES string of the molecule is CCCC(CBr)(CCC)CSCC. The van der Waals surface area contributed by atoms with Crippen LogP contribution < -0.4 is 0 Å². The normalized spacial score (nSPS) is 12.0. The topological polar surface area (TPSA) is 0 Å². The second-order valence-electron chi connectivity index (χ2n) is 3.77. The van der Waals surface area contributed by atoms with Gasteiger partial charge in [-0.1, -0.05) is 49.5 Å². The van der Waals surface area contributed by atoms with Crippen LogP contribution in [0.4, 0.5) is 0 Å². The van der Waals surface area contributed by atoms with E-state index in [1.165, 1.54) is 42.5 Å². The molecule has 0 radical (unpaired) electrons. The molecule has 0 spiro atoms. The highest BCUT2D eigenvalue weighted by Gasteiger charge is 2.26. The first-order valence-corrected chi connectivity index (χ1v) is 7.66. The number of hydrogen-bond acceptors (Lipinski definition) is 1. The summed E-state index contributed by atoms with van der Waals surface area (Å²) in [5.74, 6) is 2.58. The number of hydrogen-bond donors (Lipinski definition) is 0. The minimum Gasteiger partial charge on any atom is -0.162 e. The number of rotatable bonds is 8.